The Bertz CT molecular complexity index is 1240. The molecule has 0 spiro atoms. The molecule has 0 radical (unpaired) electrons. The largest absolute Gasteiger partial charge is 0.340 e. The number of amides is 1. The minimum atomic E-state index is -0.513. The number of anilines is 3. The smallest absolute Gasteiger partial charge is 0.300 e. The standard InChI is InChI=1S/C21H13ClN4OS2/c1-2-19(27)25-13-5-7-17-15(10-13)21(24-12-23-17)26-14-6-8-18(16(22)11-14)29-20-4-3-9-28-20/h1,3-12H,(H,25,27)(H,23,24,26). The summed E-state index contributed by atoms with van der Waals surface area (Å²) in [6.45, 7) is 0. The highest BCUT2D eigenvalue weighted by Crippen LogP contribution is 2.37. The average Bonchev–Trinajstić information content (AvgIpc) is 3.23. The summed E-state index contributed by atoms with van der Waals surface area (Å²) in [5.41, 5.74) is 2.10. The Labute approximate surface area is 180 Å². The quantitative estimate of drug-likeness (QED) is 0.386. The zero-order valence-electron chi connectivity index (χ0n) is 14.8. The zero-order valence-corrected chi connectivity index (χ0v) is 17.2. The number of fused-ring (bicyclic) bond motifs is 1. The van der Waals surface area contributed by atoms with Gasteiger partial charge in [0.05, 0.1) is 14.7 Å². The van der Waals surface area contributed by atoms with Crippen molar-refractivity contribution in [2.45, 2.75) is 9.10 Å². The summed E-state index contributed by atoms with van der Waals surface area (Å²) >= 11 is 9.77. The average molecular weight is 437 g/mol. The molecule has 4 rings (SSSR count). The van der Waals surface area contributed by atoms with E-state index in [0.29, 0.717) is 16.5 Å². The third-order valence-electron chi connectivity index (χ3n) is 3.92. The van der Waals surface area contributed by atoms with Crippen LogP contribution in [0.1, 0.15) is 0 Å². The lowest BCUT2D eigenvalue weighted by Crippen LogP contribution is -2.08. The van der Waals surface area contributed by atoms with Crippen LogP contribution in [0.15, 0.2) is 69.3 Å². The van der Waals surface area contributed by atoms with Crippen molar-refractivity contribution < 1.29 is 4.79 Å². The Balaban J connectivity index is 1.61. The van der Waals surface area contributed by atoms with Gasteiger partial charge in [0.15, 0.2) is 0 Å². The second-order valence-electron chi connectivity index (χ2n) is 5.86. The summed E-state index contributed by atoms with van der Waals surface area (Å²) in [7, 11) is 0. The molecule has 1 amide bonds. The Morgan fingerprint density at radius 2 is 2.00 bits per heavy atom. The molecule has 2 aromatic heterocycles. The highest BCUT2D eigenvalue weighted by molar-refractivity contribution is 8.01. The van der Waals surface area contributed by atoms with Crippen LogP contribution in [0.5, 0.6) is 0 Å². The third kappa shape index (κ3) is 4.51. The van der Waals surface area contributed by atoms with Gasteiger partial charge >= 0.3 is 0 Å². The Hall–Kier alpha value is -3.05. The fourth-order valence-corrected chi connectivity index (χ4v) is 4.66. The van der Waals surface area contributed by atoms with Crippen molar-refractivity contribution in [3.05, 3.63) is 65.3 Å². The number of halogens is 1. The van der Waals surface area contributed by atoms with Crippen LogP contribution in [0, 0.1) is 12.3 Å². The predicted octanol–water partition coefficient (Wildman–Crippen LogP) is 5.81. The Kier molecular flexibility index (Phi) is 5.67. The normalized spacial score (nSPS) is 10.5. The van der Waals surface area contributed by atoms with E-state index in [1.54, 1.807) is 41.3 Å². The number of nitrogens with one attached hydrogen (secondary N) is 2. The number of terminal acetylenes is 1. The van der Waals surface area contributed by atoms with Gasteiger partial charge in [-0.25, -0.2) is 9.97 Å². The van der Waals surface area contributed by atoms with E-state index >= 15 is 0 Å². The van der Waals surface area contributed by atoms with Crippen molar-refractivity contribution in [2.24, 2.45) is 0 Å². The number of benzene rings is 2. The first kappa shape index (κ1) is 19.3. The van der Waals surface area contributed by atoms with Crippen molar-refractivity contribution in [3.8, 4) is 12.3 Å². The molecular weight excluding hydrogens is 424 g/mol. The summed E-state index contributed by atoms with van der Waals surface area (Å²) in [6.07, 6.45) is 6.60. The summed E-state index contributed by atoms with van der Waals surface area (Å²) in [5, 5.41) is 9.33. The number of carbonyl (C=O) groups is 1. The number of aromatic nitrogens is 2. The molecule has 0 atom stereocenters. The topological polar surface area (TPSA) is 66.9 Å². The van der Waals surface area contributed by atoms with Crippen LogP contribution in [0.25, 0.3) is 10.9 Å². The molecule has 0 aliphatic heterocycles. The number of thiophene rings is 1. The molecule has 29 heavy (non-hydrogen) atoms. The van der Waals surface area contributed by atoms with E-state index in [2.05, 4.69) is 26.7 Å². The fourth-order valence-electron chi connectivity index (χ4n) is 2.63. The van der Waals surface area contributed by atoms with Crippen LogP contribution in [0.2, 0.25) is 5.02 Å². The molecule has 2 N–H and O–H groups in total. The third-order valence-corrected chi connectivity index (χ3v) is 6.46. The van der Waals surface area contributed by atoms with Crippen molar-refractivity contribution in [1.82, 2.24) is 9.97 Å². The molecule has 0 aliphatic rings. The molecule has 0 unspecified atom stereocenters. The molecule has 5 nitrogen and oxygen atoms in total. The molecule has 0 aliphatic carbocycles. The van der Waals surface area contributed by atoms with Crippen molar-refractivity contribution in [3.63, 3.8) is 0 Å². The lowest BCUT2D eigenvalue weighted by atomic mass is 10.2. The van der Waals surface area contributed by atoms with Gasteiger partial charge in [-0.2, -0.15) is 0 Å². The molecule has 0 bridgehead atoms. The van der Waals surface area contributed by atoms with E-state index in [0.717, 1.165) is 21.5 Å². The van der Waals surface area contributed by atoms with Crippen LogP contribution in [-0.4, -0.2) is 15.9 Å². The van der Waals surface area contributed by atoms with E-state index in [-0.39, 0.29) is 0 Å². The van der Waals surface area contributed by atoms with E-state index in [4.69, 9.17) is 18.0 Å². The zero-order chi connectivity index (χ0) is 20.2. The van der Waals surface area contributed by atoms with Crippen LogP contribution in [0.4, 0.5) is 17.2 Å². The summed E-state index contributed by atoms with van der Waals surface area (Å²) in [4.78, 5) is 21.0. The Morgan fingerprint density at radius 1 is 1.14 bits per heavy atom. The van der Waals surface area contributed by atoms with E-state index < -0.39 is 5.91 Å². The maximum atomic E-state index is 11.5. The van der Waals surface area contributed by atoms with Crippen molar-refractivity contribution in [2.75, 3.05) is 10.6 Å². The molecule has 0 saturated heterocycles. The summed E-state index contributed by atoms with van der Waals surface area (Å²) in [5.74, 6) is 2.12. The first-order valence-electron chi connectivity index (χ1n) is 8.42. The maximum Gasteiger partial charge on any atom is 0.300 e. The SMILES string of the molecule is C#CC(=O)Nc1ccc2ncnc(Nc3ccc(Sc4cccs4)c(Cl)c3)c2c1. The number of nitrogens with zero attached hydrogens (tertiary/aromatic N) is 2. The fraction of sp³-hybridized carbons (Fsp3) is 0. The molecule has 0 saturated carbocycles. The first-order chi connectivity index (χ1) is 14.1. The van der Waals surface area contributed by atoms with Crippen molar-refractivity contribution in [1.29, 1.82) is 0 Å². The minimum absolute atomic E-state index is 0.513. The Morgan fingerprint density at radius 3 is 2.76 bits per heavy atom. The van der Waals surface area contributed by atoms with Crippen molar-refractivity contribution >= 4 is 68.7 Å². The first-order valence-corrected chi connectivity index (χ1v) is 10.5. The predicted molar refractivity (Wildman–Crippen MR) is 120 cm³/mol. The van der Waals surface area contributed by atoms with Gasteiger partial charge in [0.25, 0.3) is 5.91 Å². The van der Waals surface area contributed by atoms with Gasteiger partial charge in [0.1, 0.15) is 12.1 Å². The van der Waals surface area contributed by atoms with Gasteiger partial charge in [0, 0.05) is 21.7 Å². The van der Waals surface area contributed by atoms with E-state index in [1.807, 2.05) is 35.6 Å². The van der Waals surface area contributed by atoms with Crippen LogP contribution in [-0.2, 0) is 4.79 Å². The van der Waals surface area contributed by atoms with Crippen LogP contribution >= 0.6 is 34.7 Å². The highest BCUT2D eigenvalue weighted by Gasteiger charge is 2.09. The van der Waals surface area contributed by atoms with E-state index in [9.17, 15) is 4.79 Å². The molecule has 2 aromatic carbocycles. The number of carbonyl (C=O) groups excluding carboxylic acids is 1. The van der Waals surface area contributed by atoms with E-state index in [1.165, 1.54) is 10.5 Å². The minimum Gasteiger partial charge on any atom is -0.340 e. The van der Waals surface area contributed by atoms with Crippen LogP contribution < -0.4 is 10.6 Å². The monoisotopic (exact) mass is 436 g/mol. The number of hydrogen-bond donors (Lipinski definition) is 2. The van der Waals surface area contributed by atoms with Crippen LogP contribution in [0.3, 0.4) is 0 Å². The lowest BCUT2D eigenvalue weighted by molar-refractivity contribution is -0.111. The second-order valence-corrected chi connectivity index (χ2v) is 8.55. The summed E-state index contributed by atoms with van der Waals surface area (Å²) < 4.78 is 1.18. The van der Waals surface area contributed by atoms with Gasteiger partial charge in [-0.05, 0) is 53.8 Å². The van der Waals surface area contributed by atoms with Gasteiger partial charge in [-0.3, -0.25) is 4.79 Å². The van der Waals surface area contributed by atoms with Gasteiger partial charge < -0.3 is 10.6 Å². The summed E-state index contributed by atoms with van der Waals surface area (Å²) in [6, 6.07) is 15.1. The molecule has 0 fully saturated rings. The molecule has 2 heterocycles. The lowest BCUT2D eigenvalue weighted by Gasteiger charge is -2.11. The van der Waals surface area contributed by atoms with Gasteiger partial charge in [-0.15, -0.1) is 17.8 Å². The molecule has 8 heteroatoms. The number of rotatable bonds is 5. The molecular formula is C21H13ClN4OS2. The maximum absolute atomic E-state index is 11.5. The molecule has 142 valence electrons. The number of hydrogen-bond acceptors (Lipinski definition) is 6. The van der Waals surface area contributed by atoms with Gasteiger partial charge in [0.2, 0.25) is 0 Å². The van der Waals surface area contributed by atoms with Gasteiger partial charge in [-0.1, -0.05) is 29.4 Å². The molecule has 4 aromatic rings. The highest BCUT2D eigenvalue weighted by atomic mass is 35.5. The second kappa shape index (κ2) is 8.53.